The minimum atomic E-state index is -0.249. The highest BCUT2D eigenvalue weighted by atomic mass is 16.5. The third kappa shape index (κ3) is 12.5. The maximum Gasteiger partial charge on any atom is 0.126 e. The molecule has 0 bridgehead atoms. The van der Waals surface area contributed by atoms with Crippen LogP contribution >= 0.6 is 0 Å². The number of ether oxygens (including phenoxy) is 4. The Bertz CT molecular complexity index is 2240. The molecule has 5 N–H and O–H groups in total. The van der Waals surface area contributed by atoms with Gasteiger partial charge in [-0.3, -0.25) is 0 Å². The molecule has 0 saturated carbocycles. The highest BCUT2D eigenvalue weighted by Gasteiger charge is 2.25. The minimum Gasteiger partial charge on any atom is -0.508 e. The van der Waals surface area contributed by atoms with Gasteiger partial charge in [0.1, 0.15) is 55.2 Å². The minimum absolute atomic E-state index is 0.0616. The molecule has 0 amide bonds. The largest absolute Gasteiger partial charge is 0.508 e. The Kier molecular flexibility index (Phi) is 16.2. The van der Waals surface area contributed by atoms with Gasteiger partial charge in [0, 0.05) is 19.3 Å². The average molecular weight is 849 g/mol. The summed E-state index contributed by atoms with van der Waals surface area (Å²) in [6.07, 6.45) is 1.20. The molecule has 0 fully saturated rings. The van der Waals surface area contributed by atoms with Gasteiger partial charge in [-0.05, 0) is 114 Å². The van der Waals surface area contributed by atoms with Crippen LogP contribution in [0.4, 0.5) is 0 Å². The van der Waals surface area contributed by atoms with Crippen molar-refractivity contribution in [2.24, 2.45) is 0 Å². The van der Waals surface area contributed by atoms with Crippen LogP contribution in [-0.2, 0) is 35.5 Å². The van der Waals surface area contributed by atoms with Crippen molar-refractivity contribution in [3.8, 4) is 39.9 Å². The number of phenols is 1. The van der Waals surface area contributed by atoms with Gasteiger partial charge in [-0.1, -0.05) is 111 Å². The van der Waals surface area contributed by atoms with Crippen molar-refractivity contribution in [3.05, 3.63) is 135 Å². The van der Waals surface area contributed by atoms with Crippen LogP contribution < -0.4 is 18.9 Å². The second kappa shape index (κ2) is 20.9. The monoisotopic (exact) mass is 848 g/mol. The van der Waals surface area contributed by atoms with Gasteiger partial charge in [0.15, 0.2) is 0 Å². The summed E-state index contributed by atoms with van der Waals surface area (Å²) < 4.78 is 24.8. The Labute approximate surface area is 368 Å². The van der Waals surface area contributed by atoms with E-state index in [4.69, 9.17) is 18.9 Å². The summed E-state index contributed by atoms with van der Waals surface area (Å²) in [5.74, 6) is 2.78. The molecule has 0 aromatic heterocycles. The fourth-order valence-electron chi connectivity index (χ4n) is 7.50. The molecule has 0 heterocycles. The van der Waals surface area contributed by atoms with Crippen molar-refractivity contribution in [2.45, 2.75) is 97.8 Å². The maximum absolute atomic E-state index is 11.3. The van der Waals surface area contributed by atoms with E-state index in [1.807, 2.05) is 36.4 Å². The van der Waals surface area contributed by atoms with Gasteiger partial charge in [-0.15, -0.1) is 0 Å². The van der Waals surface area contributed by atoms with Crippen LogP contribution in [-0.4, -0.2) is 78.4 Å². The van der Waals surface area contributed by atoms with Crippen molar-refractivity contribution in [1.29, 1.82) is 0 Å². The lowest BCUT2D eigenvalue weighted by Gasteiger charge is -2.26. The SMILES string of the molecule is CC(C)(C)c1ccc(O)c(Cc2cc(-c3ccc(OCCO)cc3)cc(Cc3cc(C(C)(C)C)cc(Cc4cc(C(C)(C)C)ccc4OCCO)c3OCCO)c2OCCO)c1. The first kappa shape index (κ1) is 48.0. The number of hydrogen-bond donors (Lipinski definition) is 5. The lowest BCUT2D eigenvalue weighted by molar-refractivity contribution is 0.197. The Hall–Kier alpha value is -5.06. The molecular weight excluding hydrogens is 781 g/mol. The summed E-state index contributed by atoms with van der Waals surface area (Å²) >= 11 is 0. The molecule has 0 saturated heterocycles. The van der Waals surface area contributed by atoms with Crippen molar-refractivity contribution >= 4 is 0 Å². The number of hydrogen-bond acceptors (Lipinski definition) is 9. The first-order valence-corrected chi connectivity index (χ1v) is 21.7. The zero-order valence-corrected chi connectivity index (χ0v) is 38.2. The zero-order chi connectivity index (χ0) is 45.2. The van der Waals surface area contributed by atoms with Gasteiger partial charge in [-0.2, -0.15) is 0 Å². The fourth-order valence-corrected chi connectivity index (χ4v) is 7.50. The van der Waals surface area contributed by atoms with E-state index in [9.17, 15) is 25.5 Å². The van der Waals surface area contributed by atoms with Crippen molar-refractivity contribution in [1.82, 2.24) is 0 Å². The quantitative estimate of drug-likeness (QED) is 0.0551. The van der Waals surface area contributed by atoms with Crippen molar-refractivity contribution in [3.63, 3.8) is 0 Å². The van der Waals surface area contributed by atoms with E-state index < -0.39 is 0 Å². The summed E-state index contributed by atoms with van der Waals surface area (Å²) in [6, 6.07) is 28.3. The zero-order valence-electron chi connectivity index (χ0n) is 38.2. The lowest BCUT2D eigenvalue weighted by atomic mass is 9.81. The molecule has 0 radical (unpaired) electrons. The number of aromatic hydroxyl groups is 1. The Morgan fingerprint density at radius 1 is 0.387 bits per heavy atom. The Morgan fingerprint density at radius 2 is 0.790 bits per heavy atom. The van der Waals surface area contributed by atoms with E-state index in [1.54, 1.807) is 6.07 Å². The van der Waals surface area contributed by atoms with Crippen LogP contribution in [0.25, 0.3) is 11.1 Å². The molecule has 0 spiro atoms. The summed E-state index contributed by atoms with van der Waals surface area (Å²) in [5, 5.41) is 50.5. The molecule has 5 aromatic rings. The molecule has 0 atom stereocenters. The molecule has 9 nitrogen and oxygen atoms in total. The van der Waals surface area contributed by atoms with Crippen LogP contribution in [0.5, 0.6) is 28.7 Å². The van der Waals surface area contributed by atoms with E-state index in [0.29, 0.717) is 42.3 Å². The van der Waals surface area contributed by atoms with E-state index >= 15 is 0 Å². The first-order chi connectivity index (χ1) is 29.4. The van der Waals surface area contributed by atoms with Gasteiger partial charge < -0.3 is 44.5 Å². The average Bonchev–Trinajstić information content (AvgIpc) is 3.21. The molecule has 0 aliphatic carbocycles. The van der Waals surface area contributed by atoms with E-state index in [1.165, 1.54) is 0 Å². The van der Waals surface area contributed by atoms with E-state index in [-0.39, 0.29) is 74.8 Å². The van der Waals surface area contributed by atoms with Crippen LogP contribution in [0.2, 0.25) is 0 Å². The summed E-state index contributed by atoms with van der Waals surface area (Å²) in [5.41, 5.74) is 9.89. The van der Waals surface area contributed by atoms with E-state index in [0.717, 1.165) is 61.2 Å². The predicted molar refractivity (Wildman–Crippen MR) is 248 cm³/mol. The highest BCUT2D eigenvalue weighted by Crippen LogP contribution is 2.41. The molecule has 5 rings (SSSR count). The number of aliphatic hydroxyl groups is 4. The Morgan fingerprint density at radius 3 is 1.29 bits per heavy atom. The van der Waals surface area contributed by atoms with Crippen LogP contribution in [0, 0.1) is 0 Å². The van der Waals surface area contributed by atoms with Crippen LogP contribution in [0.15, 0.2) is 84.9 Å². The number of phenolic OH excluding ortho intramolecular Hbond substituents is 1. The smallest absolute Gasteiger partial charge is 0.126 e. The summed E-state index contributed by atoms with van der Waals surface area (Å²) in [7, 11) is 0. The van der Waals surface area contributed by atoms with E-state index in [2.05, 4.69) is 105 Å². The van der Waals surface area contributed by atoms with Gasteiger partial charge in [-0.25, -0.2) is 0 Å². The molecule has 0 aliphatic heterocycles. The molecule has 62 heavy (non-hydrogen) atoms. The normalized spacial score (nSPS) is 12.1. The number of aliphatic hydroxyl groups excluding tert-OH is 4. The van der Waals surface area contributed by atoms with Crippen molar-refractivity contribution < 1.29 is 44.5 Å². The first-order valence-electron chi connectivity index (χ1n) is 21.7. The second-order valence-corrected chi connectivity index (χ2v) is 19.0. The summed E-state index contributed by atoms with van der Waals surface area (Å²) in [6.45, 7) is 19.4. The van der Waals surface area contributed by atoms with Gasteiger partial charge in [0.2, 0.25) is 0 Å². The Balaban J connectivity index is 1.77. The standard InChI is InChI=1S/C53H68O9/c1-51(2,3)43-12-16-47(58)37(31-43)28-39-26-36(35-10-14-46(15-11-35)59-22-18-54)27-40(49(39)61-24-20-56)30-42-34-45(53(7,8)9)33-41(50(42)62-25-21-57)29-38-32-44(52(4,5)6)13-17-48(38)60-23-19-55/h10-17,26-27,31-34,54-58H,18-25,28-30H2,1-9H3. The third-order valence-electron chi connectivity index (χ3n) is 10.9. The topological polar surface area (TPSA) is 138 Å². The van der Waals surface area contributed by atoms with Gasteiger partial charge >= 0.3 is 0 Å². The number of rotatable bonds is 19. The van der Waals surface area contributed by atoms with Crippen LogP contribution in [0.3, 0.4) is 0 Å². The molecule has 0 aliphatic rings. The lowest BCUT2D eigenvalue weighted by Crippen LogP contribution is -2.16. The second-order valence-electron chi connectivity index (χ2n) is 19.0. The molecule has 334 valence electrons. The predicted octanol–water partition coefficient (Wildman–Crippen LogP) is 9.21. The molecule has 5 aromatic carbocycles. The highest BCUT2D eigenvalue weighted by molar-refractivity contribution is 5.69. The number of benzene rings is 5. The van der Waals surface area contributed by atoms with Crippen molar-refractivity contribution in [2.75, 3.05) is 52.9 Å². The molecular formula is C53H68O9. The maximum atomic E-state index is 11.3. The van der Waals surface area contributed by atoms with Crippen LogP contribution in [0.1, 0.15) is 112 Å². The van der Waals surface area contributed by atoms with Gasteiger partial charge in [0.05, 0.1) is 26.4 Å². The fraction of sp³-hybridized carbons (Fsp3) is 0.434. The third-order valence-corrected chi connectivity index (χ3v) is 10.9. The molecule has 9 heteroatoms. The molecule has 0 unspecified atom stereocenters. The van der Waals surface area contributed by atoms with Gasteiger partial charge in [0.25, 0.3) is 0 Å². The summed E-state index contributed by atoms with van der Waals surface area (Å²) in [4.78, 5) is 0.